The van der Waals surface area contributed by atoms with Crippen LogP contribution in [0.5, 0.6) is 0 Å². The molecule has 0 aliphatic carbocycles. The summed E-state index contributed by atoms with van der Waals surface area (Å²) in [5.41, 5.74) is 4.46. The largest absolute Gasteiger partial charge is 0.480 e. The topological polar surface area (TPSA) is 76.2 Å². The van der Waals surface area contributed by atoms with Gasteiger partial charge in [-0.15, -0.1) is 0 Å². The Kier molecular flexibility index (Phi) is 3.14. The van der Waals surface area contributed by atoms with E-state index in [2.05, 4.69) is 20.9 Å². The van der Waals surface area contributed by atoms with E-state index in [1.807, 2.05) is 0 Å². The number of halogens is 2. The molecule has 0 bridgehead atoms. The molecule has 0 fully saturated rings. The first-order valence-corrected chi connectivity index (χ1v) is 4.86. The average Bonchev–Trinajstić information content (AvgIpc) is 2.08. The van der Waals surface area contributed by atoms with E-state index in [4.69, 9.17) is 22.4 Å². The molecule has 1 heterocycles. The second kappa shape index (κ2) is 3.84. The van der Waals surface area contributed by atoms with Gasteiger partial charge in [-0.3, -0.25) is 0 Å². The minimum Gasteiger partial charge on any atom is -0.480 e. The summed E-state index contributed by atoms with van der Waals surface area (Å²) in [5.74, 6) is -1.14. The van der Waals surface area contributed by atoms with E-state index in [-0.39, 0.29) is 0 Å². The lowest BCUT2D eigenvalue weighted by molar-refractivity contribution is -0.143. The van der Waals surface area contributed by atoms with Crippen molar-refractivity contribution in [3.8, 4) is 0 Å². The molecule has 0 saturated carbocycles. The van der Waals surface area contributed by atoms with E-state index >= 15 is 0 Å². The zero-order chi connectivity index (χ0) is 10.9. The standard InChI is InChI=1S/C8H8BrClN2O2/c1-8(11,7(13)14)5-2-4(10)3-12-6(5)9/h2-3H,11H2,1H3,(H,13,14)/t8-/m0/s1. The molecule has 1 aromatic heterocycles. The van der Waals surface area contributed by atoms with Crippen molar-refractivity contribution < 1.29 is 9.90 Å². The van der Waals surface area contributed by atoms with Crippen molar-refractivity contribution in [2.24, 2.45) is 5.73 Å². The maximum absolute atomic E-state index is 10.9. The van der Waals surface area contributed by atoms with Gasteiger partial charge in [0.25, 0.3) is 0 Å². The normalized spacial score (nSPS) is 14.9. The molecule has 0 saturated heterocycles. The number of aliphatic carboxylic acids is 1. The van der Waals surface area contributed by atoms with Crippen LogP contribution in [0.3, 0.4) is 0 Å². The number of hydrogen-bond donors (Lipinski definition) is 2. The highest BCUT2D eigenvalue weighted by Crippen LogP contribution is 2.27. The molecule has 0 spiro atoms. The quantitative estimate of drug-likeness (QED) is 0.809. The number of nitrogens with two attached hydrogens (primary N) is 1. The van der Waals surface area contributed by atoms with Gasteiger partial charge in [0.1, 0.15) is 10.1 Å². The lowest BCUT2D eigenvalue weighted by atomic mass is 9.95. The minimum absolute atomic E-state index is 0.345. The van der Waals surface area contributed by atoms with Crippen molar-refractivity contribution in [2.45, 2.75) is 12.5 Å². The Balaban J connectivity index is 3.31. The minimum atomic E-state index is -1.50. The fourth-order valence-electron chi connectivity index (χ4n) is 0.902. The Labute approximate surface area is 94.2 Å². The van der Waals surface area contributed by atoms with E-state index in [9.17, 15) is 4.79 Å². The third kappa shape index (κ3) is 2.05. The van der Waals surface area contributed by atoms with Crippen LogP contribution in [-0.2, 0) is 10.3 Å². The third-order valence-corrected chi connectivity index (χ3v) is 2.65. The fourth-order valence-corrected chi connectivity index (χ4v) is 1.69. The summed E-state index contributed by atoms with van der Waals surface area (Å²) < 4.78 is 0.384. The Bertz CT molecular complexity index is 382. The first-order chi connectivity index (χ1) is 6.35. The Morgan fingerprint density at radius 2 is 2.36 bits per heavy atom. The van der Waals surface area contributed by atoms with Crippen molar-refractivity contribution in [2.75, 3.05) is 0 Å². The average molecular weight is 280 g/mol. The molecule has 1 aromatic rings. The monoisotopic (exact) mass is 278 g/mol. The van der Waals surface area contributed by atoms with E-state index in [0.717, 1.165) is 0 Å². The van der Waals surface area contributed by atoms with Crippen molar-refractivity contribution in [1.82, 2.24) is 4.98 Å². The van der Waals surface area contributed by atoms with Gasteiger partial charge in [0.2, 0.25) is 0 Å². The zero-order valence-corrected chi connectivity index (χ0v) is 9.63. The number of hydrogen-bond acceptors (Lipinski definition) is 3. The smallest absolute Gasteiger partial charge is 0.328 e. The summed E-state index contributed by atoms with van der Waals surface area (Å²) in [4.78, 5) is 14.7. The van der Waals surface area contributed by atoms with Crippen LogP contribution in [0.1, 0.15) is 12.5 Å². The molecule has 14 heavy (non-hydrogen) atoms. The summed E-state index contributed by atoms with van der Waals surface area (Å²) in [5, 5.41) is 9.24. The van der Waals surface area contributed by atoms with Gasteiger partial charge in [-0.1, -0.05) is 11.6 Å². The van der Waals surface area contributed by atoms with Crippen molar-refractivity contribution in [1.29, 1.82) is 0 Å². The number of pyridine rings is 1. The third-order valence-electron chi connectivity index (χ3n) is 1.81. The molecule has 1 atom stereocenters. The van der Waals surface area contributed by atoms with Gasteiger partial charge in [0, 0.05) is 11.8 Å². The Morgan fingerprint density at radius 3 is 2.86 bits per heavy atom. The summed E-state index contributed by atoms with van der Waals surface area (Å²) in [6, 6.07) is 1.48. The van der Waals surface area contributed by atoms with Gasteiger partial charge in [-0.25, -0.2) is 9.78 Å². The lowest BCUT2D eigenvalue weighted by Gasteiger charge is -2.20. The van der Waals surface area contributed by atoms with Crippen molar-refractivity contribution in [3.63, 3.8) is 0 Å². The first-order valence-electron chi connectivity index (χ1n) is 3.69. The molecule has 76 valence electrons. The number of aromatic nitrogens is 1. The predicted octanol–water partition coefficient (Wildman–Crippen LogP) is 1.76. The number of carboxylic acid groups (broad SMARTS) is 1. The first kappa shape index (κ1) is 11.4. The highest BCUT2D eigenvalue weighted by atomic mass is 79.9. The molecule has 0 aliphatic heterocycles. The van der Waals surface area contributed by atoms with Crippen LogP contribution in [-0.4, -0.2) is 16.1 Å². The highest BCUT2D eigenvalue weighted by Gasteiger charge is 2.32. The molecule has 0 aliphatic rings. The summed E-state index contributed by atoms with van der Waals surface area (Å²) in [6.45, 7) is 1.38. The van der Waals surface area contributed by atoms with Gasteiger partial charge in [0.05, 0.1) is 5.02 Å². The van der Waals surface area contributed by atoms with E-state index in [0.29, 0.717) is 15.2 Å². The molecule has 0 unspecified atom stereocenters. The van der Waals surface area contributed by atoms with Crippen LogP contribution in [0.4, 0.5) is 0 Å². The van der Waals surface area contributed by atoms with Crippen molar-refractivity contribution in [3.05, 3.63) is 27.5 Å². The molecule has 0 amide bonds. The lowest BCUT2D eigenvalue weighted by Crippen LogP contribution is -2.42. The molecule has 6 heteroatoms. The molecule has 0 radical (unpaired) electrons. The molecular formula is C8H8BrClN2O2. The zero-order valence-electron chi connectivity index (χ0n) is 7.29. The van der Waals surface area contributed by atoms with Gasteiger partial charge < -0.3 is 10.8 Å². The molecule has 3 N–H and O–H groups in total. The van der Waals surface area contributed by atoms with Crippen LogP contribution in [0.15, 0.2) is 16.9 Å². The van der Waals surface area contributed by atoms with E-state index in [1.165, 1.54) is 19.2 Å². The van der Waals surface area contributed by atoms with Crippen LogP contribution in [0.25, 0.3) is 0 Å². The number of rotatable bonds is 2. The molecule has 4 nitrogen and oxygen atoms in total. The second-order valence-electron chi connectivity index (χ2n) is 3.00. The highest BCUT2D eigenvalue weighted by molar-refractivity contribution is 9.10. The van der Waals surface area contributed by atoms with Gasteiger partial charge in [-0.2, -0.15) is 0 Å². The maximum atomic E-state index is 10.9. The Morgan fingerprint density at radius 1 is 1.79 bits per heavy atom. The van der Waals surface area contributed by atoms with Gasteiger partial charge in [-0.05, 0) is 28.9 Å². The molecule has 1 rings (SSSR count). The predicted molar refractivity (Wildman–Crippen MR) is 56.1 cm³/mol. The van der Waals surface area contributed by atoms with Crippen LogP contribution >= 0.6 is 27.5 Å². The summed E-state index contributed by atoms with van der Waals surface area (Å²) in [6.07, 6.45) is 1.41. The van der Waals surface area contributed by atoms with Gasteiger partial charge >= 0.3 is 5.97 Å². The number of nitrogens with zero attached hydrogens (tertiary/aromatic N) is 1. The van der Waals surface area contributed by atoms with Crippen molar-refractivity contribution >= 4 is 33.5 Å². The van der Waals surface area contributed by atoms with E-state index in [1.54, 1.807) is 0 Å². The second-order valence-corrected chi connectivity index (χ2v) is 4.19. The Hall–Kier alpha value is -0.650. The van der Waals surface area contributed by atoms with Crippen LogP contribution < -0.4 is 5.73 Å². The summed E-state index contributed by atoms with van der Waals surface area (Å²) in [7, 11) is 0. The fraction of sp³-hybridized carbons (Fsp3) is 0.250. The SMILES string of the molecule is C[C@@](N)(C(=O)O)c1cc(Cl)cnc1Br. The van der Waals surface area contributed by atoms with E-state index < -0.39 is 11.5 Å². The number of carbonyl (C=O) groups is 1. The summed E-state index contributed by atoms with van der Waals surface area (Å²) >= 11 is 8.82. The van der Waals surface area contributed by atoms with Crippen LogP contribution in [0.2, 0.25) is 5.02 Å². The maximum Gasteiger partial charge on any atom is 0.328 e. The molecule has 0 aromatic carbocycles. The molecular weight excluding hydrogens is 271 g/mol. The number of carboxylic acids is 1. The van der Waals surface area contributed by atoms with Crippen LogP contribution in [0, 0.1) is 0 Å². The van der Waals surface area contributed by atoms with Gasteiger partial charge in [0.15, 0.2) is 0 Å².